The molecule has 2 aromatic carbocycles. The van der Waals surface area contributed by atoms with Crippen LogP contribution in [0.3, 0.4) is 0 Å². The summed E-state index contributed by atoms with van der Waals surface area (Å²) in [5.74, 6) is 0.742. The number of benzene rings is 2. The predicted molar refractivity (Wildman–Crippen MR) is 78.4 cm³/mol. The normalized spacial score (nSPS) is 10.6. The molecule has 0 saturated carbocycles. The fraction of sp³-hybridized carbons (Fsp3) is 0.0667. The van der Waals surface area contributed by atoms with Crippen LogP contribution in [-0.4, -0.2) is 10.2 Å². The zero-order valence-electron chi connectivity index (χ0n) is 10.6. The lowest BCUT2D eigenvalue weighted by Gasteiger charge is -2.09. The minimum atomic E-state index is 0.717. The highest BCUT2D eigenvalue weighted by atomic mass is 15.2. The number of rotatable bonds is 2. The summed E-state index contributed by atoms with van der Waals surface area (Å²) in [6, 6.07) is 15.7. The van der Waals surface area contributed by atoms with E-state index in [-0.39, 0.29) is 0 Å². The van der Waals surface area contributed by atoms with Crippen LogP contribution in [0.4, 0.5) is 17.2 Å². The molecule has 0 aliphatic rings. The van der Waals surface area contributed by atoms with E-state index in [0.717, 1.165) is 33.7 Å². The van der Waals surface area contributed by atoms with E-state index in [1.807, 2.05) is 55.5 Å². The van der Waals surface area contributed by atoms with Gasteiger partial charge in [-0.15, -0.1) is 5.10 Å². The van der Waals surface area contributed by atoms with Gasteiger partial charge in [-0.3, -0.25) is 0 Å². The first-order valence-electron chi connectivity index (χ1n) is 6.08. The second kappa shape index (κ2) is 4.57. The molecule has 4 heteroatoms. The van der Waals surface area contributed by atoms with Crippen molar-refractivity contribution in [3.05, 3.63) is 54.2 Å². The monoisotopic (exact) mass is 250 g/mol. The first kappa shape index (κ1) is 11.5. The summed E-state index contributed by atoms with van der Waals surface area (Å²) in [6.07, 6.45) is 0. The maximum absolute atomic E-state index is 5.77. The van der Waals surface area contributed by atoms with Gasteiger partial charge in [0.15, 0.2) is 5.82 Å². The third kappa shape index (κ3) is 2.20. The van der Waals surface area contributed by atoms with E-state index in [0.29, 0.717) is 0 Å². The van der Waals surface area contributed by atoms with E-state index >= 15 is 0 Å². The topological polar surface area (TPSA) is 63.8 Å². The average molecular weight is 250 g/mol. The number of nitrogens with one attached hydrogen (secondary N) is 1. The fourth-order valence-corrected chi connectivity index (χ4v) is 2.08. The Labute approximate surface area is 111 Å². The first-order valence-corrected chi connectivity index (χ1v) is 6.08. The molecule has 3 aromatic rings. The molecular formula is C15H14N4. The summed E-state index contributed by atoms with van der Waals surface area (Å²) in [4.78, 5) is 0. The number of aryl methyl sites for hydroxylation is 1. The SMILES string of the molecule is Cc1nnc(Nc2cccc(N)c2)c2ccccc12. The number of anilines is 3. The standard InChI is InChI=1S/C15H14N4/c1-10-13-7-2-3-8-14(13)15(19-18-10)17-12-6-4-5-11(16)9-12/h2-9H,16H2,1H3,(H,17,19). The molecule has 0 fully saturated rings. The van der Waals surface area contributed by atoms with Crippen molar-refractivity contribution in [1.29, 1.82) is 0 Å². The Kier molecular flexibility index (Phi) is 2.76. The van der Waals surface area contributed by atoms with Gasteiger partial charge in [-0.05, 0) is 25.1 Å². The van der Waals surface area contributed by atoms with Crippen molar-refractivity contribution < 1.29 is 0 Å². The van der Waals surface area contributed by atoms with Crippen LogP contribution in [0, 0.1) is 6.92 Å². The molecule has 4 nitrogen and oxygen atoms in total. The Morgan fingerprint density at radius 3 is 2.53 bits per heavy atom. The summed E-state index contributed by atoms with van der Waals surface area (Å²) in [5, 5.41) is 13.8. The summed E-state index contributed by atoms with van der Waals surface area (Å²) in [7, 11) is 0. The van der Waals surface area contributed by atoms with Crippen molar-refractivity contribution in [3.63, 3.8) is 0 Å². The van der Waals surface area contributed by atoms with Crippen LogP contribution in [0.25, 0.3) is 10.8 Å². The molecule has 0 aliphatic carbocycles. The van der Waals surface area contributed by atoms with Gasteiger partial charge < -0.3 is 11.1 Å². The van der Waals surface area contributed by atoms with Crippen LogP contribution in [0.15, 0.2) is 48.5 Å². The van der Waals surface area contributed by atoms with Crippen LogP contribution >= 0.6 is 0 Å². The second-order valence-corrected chi connectivity index (χ2v) is 4.43. The molecule has 19 heavy (non-hydrogen) atoms. The van der Waals surface area contributed by atoms with Crippen molar-refractivity contribution in [1.82, 2.24) is 10.2 Å². The van der Waals surface area contributed by atoms with E-state index in [1.54, 1.807) is 0 Å². The largest absolute Gasteiger partial charge is 0.399 e. The minimum Gasteiger partial charge on any atom is -0.399 e. The van der Waals surface area contributed by atoms with Crippen LogP contribution < -0.4 is 11.1 Å². The quantitative estimate of drug-likeness (QED) is 0.685. The molecule has 0 radical (unpaired) electrons. The third-order valence-corrected chi connectivity index (χ3v) is 3.02. The smallest absolute Gasteiger partial charge is 0.160 e. The molecule has 0 saturated heterocycles. The summed E-state index contributed by atoms with van der Waals surface area (Å²) >= 11 is 0. The summed E-state index contributed by atoms with van der Waals surface area (Å²) in [5.41, 5.74) is 8.32. The van der Waals surface area contributed by atoms with E-state index in [1.165, 1.54) is 0 Å². The van der Waals surface area contributed by atoms with Crippen LogP contribution in [-0.2, 0) is 0 Å². The third-order valence-electron chi connectivity index (χ3n) is 3.02. The van der Waals surface area contributed by atoms with Gasteiger partial charge in [-0.25, -0.2) is 0 Å². The lowest BCUT2D eigenvalue weighted by Crippen LogP contribution is -1.99. The van der Waals surface area contributed by atoms with Crippen molar-refractivity contribution >= 4 is 28.0 Å². The molecule has 0 unspecified atom stereocenters. The van der Waals surface area contributed by atoms with Gasteiger partial charge in [0.1, 0.15) is 0 Å². The van der Waals surface area contributed by atoms with E-state index in [2.05, 4.69) is 15.5 Å². The highest BCUT2D eigenvalue weighted by molar-refractivity contribution is 5.94. The average Bonchev–Trinajstić information content (AvgIpc) is 2.42. The molecule has 0 aliphatic heterocycles. The molecular weight excluding hydrogens is 236 g/mol. The van der Waals surface area contributed by atoms with Gasteiger partial charge in [0.25, 0.3) is 0 Å². The molecule has 0 amide bonds. The maximum atomic E-state index is 5.77. The van der Waals surface area contributed by atoms with Crippen molar-refractivity contribution in [3.8, 4) is 0 Å². The number of nitrogen functional groups attached to an aromatic ring is 1. The second-order valence-electron chi connectivity index (χ2n) is 4.43. The zero-order chi connectivity index (χ0) is 13.2. The number of hydrogen-bond acceptors (Lipinski definition) is 4. The Bertz CT molecular complexity index is 737. The van der Waals surface area contributed by atoms with E-state index < -0.39 is 0 Å². The highest BCUT2D eigenvalue weighted by Gasteiger charge is 2.06. The summed E-state index contributed by atoms with van der Waals surface area (Å²) < 4.78 is 0. The molecule has 1 heterocycles. The molecule has 1 aromatic heterocycles. The van der Waals surface area contributed by atoms with Crippen LogP contribution in [0.1, 0.15) is 5.69 Å². The fourth-order valence-electron chi connectivity index (χ4n) is 2.08. The zero-order valence-corrected chi connectivity index (χ0v) is 10.6. The Morgan fingerprint density at radius 1 is 0.947 bits per heavy atom. The highest BCUT2D eigenvalue weighted by Crippen LogP contribution is 2.25. The Hall–Kier alpha value is -2.62. The lowest BCUT2D eigenvalue weighted by molar-refractivity contribution is 1.01. The molecule has 0 atom stereocenters. The molecule has 3 rings (SSSR count). The van der Waals surface area contributed by atoms with E-state index in [4.69, 9.17) is 5.73 Å². The van der Waals surface area contributed by atoms with E-state index in [9.17, 15) is 0 Å². The molecule has 3 N–H and O–H groups in total. The van der Waals surface area contributed by atoms with Gasteiger partial charge in [-0.2, -0.15) is 5.10 Å². The predicted octanol–water partition coefficient (Wildman–Crippen LogP) is 3.26. The number of aromatic nitrogens is 2. The number of fused-ring (bicyclic) bond motifs is 1. The van der Waals surface area contributed by atoms with Gasteiger partial charge in [-0.1, -0.05) is 30.3 Å². The maximum Gasteiger partial charge on any atom is 0.160 e. The molecule has 94 valence electrons. The van der Waals surface area contributed by atoms with Crippen molar-refractivity contribution in [2.24, 2.45) is 0 Å². The molecule has 0 spiro atoms. The van der Waals surface area contributed by atoms with Gasteiger partial charge >= 0.3 is 0 Å². The number of nitrogens with zero attached hydrogens (tertiary/aromatic N) is 2. The van der Waals surface area contributed by atoms with Crippen molar-refractivity contribution in [2.75, 3.05) is 11.1 Å². The van der Waals surface area contributed by atoms with Crippen LogP contribution in [0.5, 0.6) is 0 Å². The first-order chi connectivity index (χ1) is 9.24. The van der Waals surface area contributed by atoms with Gasteiger partial charge in [0.2, 0.25) is 0 Å². The molecule has 0 bridgehead atoms. The van der Waals surface area contributed by atoms with Gasteiger partial charge in [0.05, 0.1) is 5.69 Å². The minimum absolute atomic E-state index is 0.717. The Morgan fingerprint density at radius 2 is 1.74 bits per heavy atom. The number of hydrogen-bond donors (Lipinski definition) is 2. The Balaban J connectivity index is 2.09. The van der Waals surface area contributed by atoms with Crippen LogP contribution in [0.2, 0.25) is 0 Å². The van der Waals surface area contributed by atoms with Crippen molar-refractivity contribution in [2.45, 2.75) is 6.92 Å². The number of nitrogens with two attached hydrogens (primary N) is 1. The van der Waals surface area contributed by atoms with Gasteiger partial charge in [0, 0.05) is 22.1 Å². The summed E-state index contributed by atoms with van der Waals surface area (Å²) in [6.45, 7) is 1.96. The lowest BCUT2D eigenvalue weighted by atomic mass is 10.1.